The molecule has 0 aromatic heterocycles. The Morgan fingerprint density at radius 2 is 1.59 bits per heavy atom. The Kier molecular flexibility index (Phi) is 25.5. The summed E-state index contributed by atoms with van der Waals surface area (Å²) < 4.78 is 10.6. The van der Waals surface area contributed by atoms with Crippen molar-refractivity contribution < 1.29 is 19.1 Å². The number of hydrogen-bond donors (Lipinski definition) is 0. The number of carbonyl (C=O) groups is 2. The minimum Gasteiger partial charge on any atom is -0.462 e. The van der Waals surface area contributed by atoms with Gasteiger partial charge in [-0.1, -0.05) is 83.1 Å². The molecule has 1 unspecified atom stereocenters. The molecule has 1 aliphatic rings. The van der Waals surface area contributed by atoms with Crippen LogP contribution in [-0.4, -0.2) is 65.5 Å². The van der Waals surface area contributed by atoms with Gasteiger partial charge in [-0.05, 0) is 106 Å². The molecule has 49 heavy (non-hydrogen) atoms. The van der Waals surface area contributed by atoms with Crippen molar-refractivity contribution in [2.45, 2.75) is 141 Å². The molecule has 1 aliphatic heterocycles. The lowest BCUT2D eigenvalue weighted by atomic mass is 9.93. The minimum absolute atomic E-state index is 0.0564. The molecule has 7 nitrogen and oxygen atoms in total. The summed E-state index contributed by atoms with van der Waals surface area (Å²) >= 11 is 0. The fourth-order valence-corrected chi connectivity index (χ4v) is 5.03. The highest BCUT2D eigenvalue weighted by molar-refractivity contribution is 6.04. The van der Waals surface area contributed by atoms with Crippen LogP contribution >= 0.6 is 0 Å². The molecular formula is C42H71N3O4. The highest BCUT2D eigenvalue weighted by Crippen LogP contribution is 2.27. The number of carbonyl (C=O) groups excluding carboxylic acids is 2. The summed E-state index contributed by atoms with van der Waals surface area (Å²) in [7, 11) is 0. The number of nitrogens with zero attached hydrogens (tertiary/aromatic N) is 3. The number of piperazine rings is 1. The predicted molar refractivity (Wildman–Crippen MR) is 212 cm³/mol. The summed E-state index contributed by atoms with van der Waals surface area (Å²) in [6.45, 7) is 36.9. The quantitative estimate of drug-likeness (QED) is 0.0837. The van der Waals surface area contributed by atoms with E-state index in [0.717, 1.165) is 66.9 Å². The lowest BCUT2D eigenvalue weighted by molar-refractivity contribution is -0.138. The highest BCUT2D eigenvalue weighted by atomic mass is 16.6. The number of hydrogen-bond acceptors (Lipinski definition) is 6. The van der Waals surface area contributed by atoms with Crippen LogP contribution in [0.5, 0.6) is 0 Å². The van der Waals surface area contributed by atoms with Gasteiger partial charge < -0.3 is 19.3 Å². The van der Waals surface area contributed by atoms with E-state index in [0.29, 0.717) is 18.7 Å². The molecule has 1 fully saturated rings. The second kappa shape index (κ2) is 26.3. The monoisotopic (exact) mass is 682 g/mol. The summed E-state index contributed by atoms with van der Waals surface area (Å²) in [6.07, 6.45) is 17.5. The maximum Gasteiger partial charge on any atom is 0.410 e. The molecule has 1 atom stereocenters. The average molecular weight is 682 g/mol. The van der Waals surface area contributed by atoms with Gasteiger partial charge in [0.15, 0.2) is 0 Å². The lowest BCUT2D eigenvalue weighted by Crippen LogP contribution is -2.54. The van der Waals surface area contributed by atoms with Crippen molar-refractivity contribution >= 4 is 17.8 Å². The van der Waals surface area contributed by atoms with Crippen LogP contribution in [0.25, 0.3) is 0 Å². The maximum absolute atomic E-state index is 12.6. The van der Waals surface area contributed by atoms with Gasteiger partial charge in [0.05, 0.1) is 12.2 Å². The van der Waals surface area contributed by atoms with E-state index >= 15 is 0 Å². The molecule has 1 amide bonds. The van der Waals surface area contributed by atoms with Gasteiger partial charge in [0.2, 0.25) is 0 Å². The minimum atomic E-state index is -0.487. The topological polar surface area (TPSA) is 71.4 Å². The smallest absolute Gasteiger partial charge is 0.410 e. The normalized spacial score (nSPS) is 16.8. The molecule has 0 aromatic carbocycles. The first kappa shape index (κ1) is 47.5. The van der Waals surface area contributed by atoms with E-state index in [9.17, 15) is 9.59 Å². The van der Waals surface area contributed by atoms with E-state index in [4.69, 9.17) is 9.47 Å². The Bertz CT molecular complexity index is 1240. The fraction of sp³-hybridized carbons (Fsp3) is 0.595. The van der Waals surface area contributed by atoms with Crippen molar-refractivity contribution in [1.29, 1.82) is 0 Å². The largest absolute Gasteiger partial charge is 0.462 e. The Morgan fingerprint density at radius 3 is 2.06 bits per heavy atom. The Hall–Kier alpha value is -3.61. The number of ether oxygens (including phenoxy) is 2. The van der Waals surface area contributed by atoms with Gasteiger partial charge in [-0.25, -0.2) is 9.59 Å². The van der Waals surface area contributed by atoms with E-state index in [1.54, 1.807) is 0 Å². The van der Waals surface area contributed by atoms with Gasteiger partial charge in [-0.15, -0.1) is 0 Å². The average Bonchev–Trinajstić information content (AvgIpc) is 3.03. The zero-order valence-electron chi connectivity index (χ0n) is 34.0. The van der Waals surface area contributed by atoms with Gasteiger partial charge >= 0.3 is 12.1 Å². The molecule has 0 bridgehead atoms. The van der Waals surface area contributed by atoms with Crippen LogP contribution < -0.4 is 0 Å². The zero-order valence-corrected chi connectivity index (χ0v) is 34.0. The van der Waals surface area contributed by atoms with Crippen molar-refractivity contribution in [3.05, 3.63) is 82.8 Å². The van der Waals surface area contributed by atoms with E-state index in [1.807, 2.05) is 111 Å². The van der Waals surface area contributed by atoms with E-state index in [1.165, 1.54) is 5.57 Å². The summed E-state index contributed by atoms with van der Waals surface area (Å²) in [5.41, 5.74) is 6.72. The summed E-state index contributed by atoms with van der Waals surface area (Å²) in [6, 6.07) is 0.0564. The third kappa shape index (κ3) is 19.2. The molecular weight excluding hydrogens is 610 g/mol. The van der Waals surface area contributed by atoms with Gasteiger partial charge in [0, 0.05) is 48.9 Å². The number of aliphatic imine (C=N–C) groups is 1. The van der Waals surface area contributed by atoms with E-state index < -0.39 is 5.60 Å². The number of amides is 1. The van der Waals surface area contributed by atoms with Crippen LogP contribution in [0.15, 0.2) is 87.8 Å². The third-order valence-electron chi connectivity index (χ3n) is 7.29. The Labute approximate surface area is 301 Å². The van der Waals surface area contributed by atoms with Crippen LogP contribution in [0, 0.1) is 0 Å². The van der Waals surface area contributed by atoms with Crippen molar-refractivity contribution in [1.82, 2.24) is 9.80 Å². The third-order valence-corrected chi connectivity index (χ3v) is 7.29. The summed E-state index contributed by atoms with van der Waals surface area (Å²) in [5.74, 6) is -0.247. The van der Waals surface area contributed by atoms with Gasteiger partial charge in [-0.2, -0.15) is 0 Å². The van der Waals surface area contributed by atoms with E-state index in [-0.39, 0.29) is 18.1 Å². The first-order chi connectivity index (χ1) is 23.1. The Balaban J connectivity index is 0. The van der Waals surface area contributed by atoms with Crippen LogP contribution in [0.2, 0.25) is 0 Å². The number of allylic oxidation sites excluding steroid dienone is 10. The molecule has 0 saturated carbocycles. The first-order valence-electron chi connectivity index (χ1n) is 18.3. The van der Waals surface area contributed by atoms with Gasteiger partial charge in [0.1, 0.15) is 5.60 Å². The predicted octanol–water partition coefficient (Wildman–Crippen LogP) is 11.3. The molecule has 1 rings (SSSR count). The number of rotatable bonds is 13. The molecule has 0 aromatic rings. The molecule has 0 radical (unpaired) electrons. The summed E-state index contributed by atoms with van der Waals surface area (Å²) in [4.78, 5) is 33.1. The molecule has 7 heteroatoms. The number of esters is 1. The molecule has 0 spiro atoms. The summed E-state index contributed by atoms with van der Waals surface area (Å²) in [5, 5.41) is 0. The Morgan fingerprint density at radius 1 is 0.980 bits per heavy atom. The molecule has 278 valence electrons. The van der Waals surface area contributed by atoms with Crippen LogP contribution in [0.1, 0.15) is 130 Å². The van der Waals surface area contributed by atoms with Gasteiger partial charge in [-0.3, -0.25) is 4.99 Å². The lowest BCUT2D eigenvalue weighted by Gasteiger charge is -2.42. The zero-order chi connectivity index (χ0) is 38.2. The second-order valence-corrected chi connectivity index (χ2v) is 12.8. The SMILES string of the molecule is C=C(C)C(=C/C)/C(C(/C)=N/C=C/CC)=C(/C)N1CCN(C(=O)OC(C)(C)C)C(C)C1.CC.CC/C=C/C=C(\C=C(/C)CCC)C(=O)OCC. The van der Waals surface area contributed by atoms with Crippen molar-refractivity contribution in [3.8, 4) is 0 Å². The van der Waals surface area contributed by atoms with Gasteiger partial charge in [0.25, 0.3) is 0 Å². The maximum atomic E-state index is 12.6. The molecule has 0 aliphatic carbocycles. The standard InChI is InChI=1S/C25H41N3O2.C15H24O2.C2H6/c1-11-13-14-26-20(6)23(22(12-2)18(3)4)21(7)27-15-16-28(19(5)17-27)24(29)30-25(8,9)10;1-5-8-9-11-14(15(16)17-7-3)12-13(4)10-6-2;1-2/h12-14,19H,3,11,15-17H2,1-2,4-10H3;8-9,11-12H,5-7,10H2,1-4H3;1-2H3/b14-13+,22-12-,23-21-,26-20+;9-8+,13-12+,14-11+;. The van der Waals surface area contributed by atoms with Crippen LogP contribution in [-0.2, 0) is 14.3 Å². The second-order valence-electron chi connectivity index (χ2n) is 12.8. The van der Waals surface area contributed by atoms with Crippen LogP contribution in [0.4, 0.5) is 4.79 Å². The van der Waals surface area contributed by atoms with E-state index in [2.05, 4.69) is 57.2 Å². The molecule has 1 heterocycles. The molecule has 0 N–H and O–H groups in total. The first-order valence-corrected chi connectivity index (χ1v) is 18.3. The highest BCUT2D eigenvalue weighted by Gasteiger charge is 2.32. The molecule has 1 saturated heterocycles. The van der Waals surface area contributed by atoms with Crippen molar-refractivity contribution in [2.75, 3.05) is 26.2 Å². The van der Waals surface area contributed by atoms with Crippen molar-refractivity contribution in [3.63, 3.8) is 0 Å². The van der Waals surface area contributed by atoms with Crippen LogP contribution in [0.3, 0.4) is 0 Å². The fourth-order valence-electron chi connectivity index (χ4n) is 5.03. The van der Waals surface area contributed by atoms with Crippen molar-refractivity contribution in [2.24, 2.45) is 4.99 Å².